The maximum atomic E-state index is 13.5. The molecule has 0 spiro atoms. The van der Waals surface area contributed by atoms with Crippen LogP contribution in [0.4, 0.5) is 8.78 Å². The largest absolute Gasteiger partial charge is 0.488 e. The number of hydrogen-bond donors (Lipinski definition) is 0. The van der Waals surface area contributed by atoms with E-state index in [0.717, 1.165) is 29.3 Å². The van der Waals surface area contributed by atoms with Crippen molar-refractivity contribution < 1.29 is 13.5 Å². The quantitative estimate of drug-likeness (QED) is 0.737. The van der Waals surface area contributed by atoms with Gasteiger partial charge in [0, 0.05) is 16.5 Å². The minimum absolute atomic E-state index is 0.00838. The second-order valence-corrected chi connectivity index (χ2v) is 4.78. The van der Waals surface area contributed by atoms with E-state index >= 15 is 0 Å². The number of ether oxygens (including phenoxy) is 1. The zero-order valence-corrected chi connectivity index (χ0v) is 12.0. The summed E-state index contributed by atoms with van der Waals surface area (Å²) < 4.78 is 32.2. The number of alkyl halides is 1. The number of rotatable bonds is 4. The molecule has 0 bridgehead atoms. The first-order chi connectivity index (χ1) is 9.11. The van der Waals surface area contributed by atoms with Crippen molar-refractivity contribution in [1.82, 2.24) is 0 Å². The van der Waals surface area contributed by atoms with Gasteiger partial charge < -0.3 is 4.74 Å². The van der Waals surface area contributed by atoms with Crippen LogP contribution in [0.15, 0.2) is 36.4 Å². The van der Waals surface area contributed by atoms with Crippen LogP contribution in [0.5, 0.6) is 5.75 Å². The fourth-order valence-electron chi connectivity index (χ4n) is 1.83. The molecule has 0 aliphatic heterocycles. The van der Waals surface area contributed by atoms with Gasteiger partial charge in [-0.05, 0) is 30.7 Å². The summed E-state index contributed by atoms with van der Waals surface area (Å²) in [7, 11) is 0. The molecule has 19 heavy (non-hydrogen) atoms. The number of aryl methyl sites for hydroxylation is 1. The van der Waals surface area contributed by atoms with Gasteiger partial charge in [-0.25, -0.2) is 8.78 Å². The lowest BCUT2D eigenvalue weighted by atomic mass is 10.1. The predicted octanol–water partition coefficient (Wildman–Crippen LogP) is 4.75. The normalized spacial score (nSPS) is 10.5. The van der Waals surface area contributed by atoms with Gasteiger partial charge in [0.25, 0.3) is 0 Å². The molecule has 0 aliphatic rings. The Morgan fingerprint density at radius 3 is 2.63 bits per heavy atom. The van der Waals surface area contributed by atoms with Gasteiger partial charge >= 0.3 is 0 Å². The van der Waals surface area contributed by atoms with Crippen molar-refractivity contribution in [3.63, 3.8) is 0 Å². The van der Waals surface area contributed by atoms with Crippen molar-refractivity contribution in [3.05, 3.63) is 64.7 Å². The lowest BCUT2D eigenvalue weighted by Crippen LogP contribution is -2.02. The molecule has 2 aromatic carbocycles. The van der Waals surface area contributed by atoms with E-state index in [4.69, 9.17) is 4.74 Å². The third kappa shape index (κ3) is 3.32. The Bertz CT molecular complexity index is 584. The zero-order valence-electron chi connectivity index (χ0n) is 10.4. The summed E-state index contributed by atoms with van der Waals surface area (Å²) in [5, 5.41) is 0.648. The summed E-state index contributed by atoms with van der Waals surface area (Å²) in [5.41, 5.74) is 2.16. The standard InChI is InChI=1S/C15H13BrF2O/c1-10-3-2-4-11(8-16)15(10)19-9-12-7-13(17)5-6-14(12)18/h2-7H,8-9H2,1H3. The first-order valence-corrected chi connectivity index (χ1v) is 6.95. The lowest BCUT2D eigenvalue weighted by molar-refractivity contribution is 0.295. The fraction of sp³-hybridized carbons (Fsp3) is 0.200. The van der Waals surface area contributed by atoms with Crippen LogP contribution in [0.3, 0.4) is 0 Å². The van der Waals surface area contributed by atoms with E-state index < -0.39 is 11.6 Å². The molecule has 2 aromatic rings. The molecule has 4 heteroatoms. The van der Waals surface area contributed by atoms with Crippen LogP contribution in [0.1, 0.15) is 16.7 Å². The molecule has 0 amide bonds. The summed E-state index contributed by atoms with van der Waals surface area (Å²) in [6.45, 7) is 1.93. The highest BCUT2D eigenvalue weighted by molar-refractivity contribution is 9.08. The molecule has 0 fully saturated rings. The Hall–Kier alpha value is -1.42. The summed E-state index contributed by atoms with van der Waals surface area (Å²) in [5.74, 6) is -0.219. The average Bonchev–Trinajstić information content (AvgIpc) is 2.40. The van der Waals surface area contributed by atoms with Gasteiger partial charge in [0.05, 0.1) is 0 Å². The molecule has 0 radical (unpaired) electrons. The Balaban J connectivity index is 2.21. The Morgan fingerprint density at radius 1 is 1.11 bits per heavy atom. The number of hydrogen-bond acceptors (Lipinski definition) is 1. The van der Waals surface area contributed by atoms with Crippen molar-refractivity contribution in [2.75, 3.05) is 0 Å². The van der Waals surface area contributed by atoms with Crippen LogP contribution in [-0.4, -0.2) is 0 Å². The third-order valence-electron chi connectivity index (χ3n) is 2.82. The maximum Gasteiger partial charge on any atom is 0.130 e. The van der Waals surface area contributed by atoms with Crippen LogP contribution < -0.4 is 4.74 Å². The van der Waals surface area contributed by atoms with Gasteiger partial charge in [0.15, 0.2) is 0 Å². The van der Waals surface area contributed by atoms with Gasteiger partial charge in [-0.15, -0.1) is 0 Å². The lowest BCUT2D eigenvalue weighted by Gasteiger charge is -2.13. The maximum absolute atomic E-state index is 13.5. The summed E-state index contributed by atoms with van der Waals surface area (Å²) in [4.78, 5) is 0. The molecule has 0 atom stereocenters. The molecule has 0 saturated carbocycles. The minimum atomic E-state index is -0.467. The molecule has 0 aliphatic carbocycles. The SMILES string of the molecule is Cc1cccc(CBr)c1OCc1cc(F)ccc1F. The number of halogens is 3. The van der Waals surface area contributed by atoms with E-state index in [1.165, 1.54) is 0 Å². The molecule has 100 valence electrons. The Labute approximate surface area is 119 Å². The zero-order chi connectivity index (χ0) is 13.8. The van der Waals surface area contributed by atoms with E-state index in [-0.39, 0.29) is 12.2 Å². The highest BCUT2D eigenvalue weighted by Crippen LogP contribution is 2.26. The minimum Gasteiger partial charge on any atom is -0.488 e. The molecule has 0 unspecified atom stereocenters. The van der Waals surface area contributed by atoms with Crippen LogP contribution >= 0.6 is 15.9 Å². The second-order valence-electron chi connectivity index (χ2n) is 4.22. The third-order valence-corrected chi connectivity index (χ3v) is 3.42. The molecule has 0 heterocycles. The summed E-state index contributed by atoms with van der Waals surface area (Å²) >= 11 is 3.38. The summed E-state index contributed by atoms with van der Waals surface area (Å²) in [6, 6.07) is 9.14. The van der Waals surface area contributed by atoms with Gasteiger partial charge in [-0.3, -0.25) is 0 Å². The van der Waals surface area contributed by atoms with Gasteiger partial charge in [0.1, 0.15) is 24.0 Å². The van der Waals surface area contributed by atoms with E-state index in [1.807, 2.05) is 25.1 Å². The molecule has 0 aromatic heterocycles. The molecule has 0 saturated heterocycles. The molecule has 0 N–H and O–H groups in total. The van der Waals surface area contributed by atoms with Crippen LogP contribution in [0.25, 0.3) is 0 Å². The average molecular weight is 327 g/mol. The Morgan fingerprint density at radius 2 is 1.89 bits per heavy atom. The fourth-order valence-corrected chi connectivity index (χ4v) is 2.27. The number of para-hydroxylation sites is 1. The van der Waals surface area contributed by atoms with E-state index in [0.29, 0.717) is 11.1 Å². The van der Waals surface area contributed by atoms with Gasteiger partial charge in [-0.1, -0.05) is 34.1 Å². The number of benzene rings is 2. The van der Waals surface area contributed by atoms with Crippen molar-refractivity contribution in [2.24, 2.45) is 0 Å². The predicted molar refractivity (Wildman–Crippen MR) is 74.5 cm³/mol. The monoisotopic (exact) mass is 326 g/mol. The van der Waals surface area contributed by atoms with Crippen molar-refractivity contribution >= 4 is 15.9 Å². The van der Waals surface area contributed by atoms with E-state index in [9.17, 15) is 8.78 Å². The van der Waals surface area contributed by atoms with Crippen LogP contribution in [0.2, 0.25) is 0 Å². The van der Waals surface area contributed by atoms with Crippen molar-refractivity contribution in [1.29, 1.82) is 0 Å². The van der Waals surface area contributed by atoms with Crippen LogP contribution in [-0.2, 0) is 11.9 Å². The smallest absolute Gasteiger partial charge is 0.130 e. The molecular formula is C15H13BrF2O. The Kier molecular flexibility index (Phi) is 4.53. The first-order valence-electron chi connectivity index (χ1n) is 5.83. The van der Waals surface area contributed by atoms with Crippen molar-refractivity contribution in [2.45, 2.75) is 18.9 Å². The van der Waals surface area contributed by atoms with Gasteiger partial charge in [-0.2, -0.15) is 0 Å². The van der Waals surface area contributed by atoms with Crippen LogP contribution in [0, 0.1) is 18.6 Å². The molecule has 2 rings (SSSR count). The van der Waals surface area contributed by atoms with E-state index in [1.54, 1.807) is 0 Å². The van der Waals surface area contributed by atoms with E-state index in [2.05, 4.69) is 15.9 Å². The topological polar surface area (TPSA) is 9.23 Å². The second kappa shape index (κ2) is 6.15. The molecule has 1 nitrogen and oxygen atoms in total. The van der Waals surface area contributed by atoms with Crippen molar-refractivity contribution in [3.8, 4) is 5.75 Å². The highest BCUT2D eigenvalue weighted by atomic mass is 79.9. The first kappa shape index (κ1) is 14.0. The van der Waals surface area contributed by atoms with Gasteiger partial charge in [0.2, 0.25) is 0 Å². The summed E-state index contributed by atoms with van der Waals surface area (Å²) in [6.07, 6.45) is 0. The molecular weight excluding hydrogens is 314 g/mol. The highest BCUT2D eigenvalue weighted by Gasteiger charge is 2.09.